The number of fused-ring (bicyclic) bond motifs is 1. The third-order valence-corrected chi connectivity index (χ3v) is 11.7. The molecule has 4 aliphatic heterocycles. The van der Waals surface area contributed by atoms with Crippen LogP contribution in [0.3, 0.4) is 0 Å². The Labute approximate surface area is 298 Å². The first-order valence-electron chi connectivity index (χ1n) is 17.1. The first kappa shape index (κ1) is 35.0. The van der Waals surface area contributed by atoms with E-state index in [2.05, 4.69) is 42.1 Å². The van der Waals surface area contributed by atoms with E-state index in [1.54, 1.807) is 17.0 Å². The van der Waals surface area contributed by atoms with E-state index < -0.39 is 12.2 Å². The number of carbonyl (C=O) groups is 3. The van der Waals surface area contributed by atoms with Gasteiger partial charge in [-0.3, -0.25) is 4.79 Å². The topological polar surface area (TPSA) is 126 Å². The standard InChI is InChI=1S/C35H45Br2N5O6/c36-28-19-24(20-29(37)32(28)44)21-31(33(45)40-14-8-26(9-15-40)39-12-5-23(22-43)6-13-39)48-35(47)41-16-10-27(11-17-41)42-18-7-25-3-1-2-4-30(25)38-34(42)46/h1-4,19-20,23,26-27,31,43-44H,5-18,21-22H2,(H,38,46)/t31-/m1/s1. The van der Waals surface area contributed by atoms with Crippen molar-refractivity contribution in [3.8, 4) is 5.75 Å². The number of likely N-dealkylation sites (tertiary alicyclic amines) is 3. The van der Waals surface area contributed by atoms with Crippen molar-refractivity contribution in [1.29, 1.82) is 0 Å². The second-order valence-corrected chi connectivity index (χ2v) is 15.2. The van der Waals surface area contributed by atoms with Crippen molar-refractivity contribution in [3.63, 3.8) is 0 Å². The number of nitrogens with one attached hydrogen (secondary N) is 1. The number of phenols is 1. The second-order valence-electron chi connectivity index (χ2n) is 13.5. The lowest BCUT2D eigenvalue weighted by Crippen LogP contribution is -2.53. The molecule has 0 bridgehead atoms. The van der Waals surface area contributed by atoms with Gasteiger partial charge in [-0.2, -0.15) is 0 Å². The number of ether oxygens (including phenoxy) is 1. The number of aliphatic hydroxyl groups is 1. The summed E-state index contributed by atoms with van der Waals surface area (Å²) in [4.78, 5) is 48.5. The zero-order chi connectivity index (χ0) is 33.8. The van der Waals surface area contributed by atoms with E-state index in [9.17, 15) is 24.6 Å². The number of hydrogen-bond donors (Lipinski definition) is 3. The third kappa shape index (κ3) is 8.11. The predicted molar refractivity (Wildman–Crippen MR) is 189 cm³/mol. The minimum atomic E-state index is -1.02. The number of aromatic hydroxyl groups is 1. The van der Waals surface area contributed by atoms with Gasteiger partial charge in [0.2, 0.25) is 0 Å². The number of hydrogen-bond acceptors (Lipinski definition) is 7. The van der Waals surface area contributed by atoms with Gasteiger partial charge in [0, 0.05) is 63.5 Å². The van der Waals surface area contributed by atoms with Crippen molar-refractivity contribution in [1.82, 2.24) is 19.6 Å². The molecule has 0 aromatic heterocycles. The van der Waals surface area contributed by atoms with E-state index in [-0.39, 0.29) is 36.8 Å². The van der Waals surface area contributed by atoms with Crippen LogP contribution in [-0.2, 0) is 22.4 Å². The summed E-state index contributed by atoms with van der Waals surface area (Å²) in [6, 6.07) is 11.6. The Balaban J connectivity index is 1.07. The molecule has 3 saturated heterocycles. The summed E-state index contributed by atoms with van der Waals surface area (Å²) in [6.45, 7) is 4.84. The third-order valence-electron chi connectivity index (χ3n) is 10.5. The molecule has 3 N–H and O–H groups in total. The van der Waals surface area contributed by atoms with Crippen LogP contribution in [0, 0.1) is 5.92 Å². The lowest BCUT2D eigenvalue weighted by atomic mass is 9.94. The molecule has 0 aliphatic carbocycles. The molecule has 11 nitrogen and oxygen atoms in total. The van der Waals surface area contributed by atoms with Crippen LogP contribution in [0.5, 0.6) is 5.75 Å². The summed E-state index contributed by atoms with van der Waals surface area (Å²) in [5.74, 6) is 0.237. The van der Waals surface area contributed by atoms with Gasteiger partial charge in [-0.15, -0.1) is 0 Å². The van der Waals surface area contributed by atoms with Gasteiger partial charge in [-0.1, -0.05) is 18.2 Å². The molecule has 1 atom stereocenters. The molecule has 0 spiro atoms. The maximum atomic E-state index is 14.0. The van der Waals surface area contributed by atoms with Crippen LogP contribution in [0.1, 0.15) is 49.7 Å². The molecule has 48 heavy (non-hydrogen) atoms. The van der Waals surface area contributed by atoms with Gasteiger partial charge < -0.3 is 39.9 Å². The normalized spacial score (nSPS) is 21.0. The summed E-state index contributed by atoms with van der Waals surface area (Å²) in [5, 5.41) is 22.8. The Hall–Kier alpha value is -2.87. The summed E-state index contributed by atoms with van der Waals surface area (Å²) in [7, 11) is 0. The number of nitrogens with zero attached hydrogens (tertiary/aromatic N) is 4. The van der Waals surface area contributed by atoms with E-state index in [0.29, 0.717) is 66.5 Å². The first-order chi connectivity index (χ1) is 23.2. The summed E-state index contributed by atoms with van der Waals surface area (Å²) in [5.41, 5.74) is 2.71. The second kappa shape index (κ2) is 15.8. The number of aliphatic hydroxyl groups excluding tert-OH is 1. The smallest absolute Gasteiger partial charge is 0.410 e. The quantitative estimate of drug-likeness (QED) is 0.352. The monoisotopic (exact) mass is 789 g/mol. The number of benzene rings is 2. The van der Waals surface area contributed by atoms with E-state index in [4.69, 9.17) is 4.74 Å². The highest BCUT2D eigenvalue weighted by Crippen LogP contribution is 2.34. The van der Waals surface area contributed by atoms with Gasteiger partial charge >= 0.3 is 12.1 Å². The van der Waals surface area contributed by atoms with Crippen molar-refractivity contribution in [2.24, 2.45) is 5.92 Å². The number of amides is 4. The van der Waals surface area contributed by atoms with Gasteiger partial charge in [-0.05, 0) is 125 Å². The molecule has 13 heteroatoms. The average Bonchev–Trinajstić information content (AvgIpc) is 3.28. The Morgan fingerprint density at radius 2 is 1.50 bits per heavy atom. The molecular formula is C35H45Br2N5O6. The van der Waals surface area contributed by atoms with Gasteiger partial charge in [-0.25, -0.2) is 9.59 Å². The van der Waals surface area contributed by atoms with Gasteiger partial charge in [0.15, 0.2) is 6.10 Å². The van der Waals surface area contributed by atoms with Crippen LogP contribution in [-0.4, -0.2) is 118 Å². The van der Waals surface area contributed by atoms with E-state index >= 15 is 0 Å². The summed E-state index contributed by atoms with van der Waals surface area (Å²) < 4.78 is 6.99. The fraction of sp³-hybridized carbons (Fsp3) is 0.571. The highest BCUT2D eigenvalue weighted by Gasteiger charge is 2.36. The number of piperidine rings is 3. The molecule has 4 heterocycles. The zero-order valence-electron chi connectivity index (χ0n) is 27.2. The molecular weight excluding hydrogens is 746 g/mol. The van der Waals surface area contributed by atoms with Gasteiger partial charge in [0.05, 0.1) is 8.95 Å². The Kier molecular flexibility index (Phi) is 11.5. The number of phenolic OH excluding ortho intramolecular Hbond substituents is 1. The minimum absolute atomic E-state index is 0.00297. The fourth-order valence-corrected chi connectivity index (χ4v) is 8.86. The predicted octanol–water partition coefficient (Wildman–Crippen LogP) is 5.21. The molecule has 4 aliphatic rings. The fourth-order valence-electron chi connectivity index (χ4n) is 7.58. The van der Waals surface area contributed by atoms with Crippen molar-refractivity contribution < 1.29 is 29.3 Å². The van der Waals surface area contributed by atoms with E-state index in [1.165, 1.54) is 0 Å². The Morgan fingerprint density at radius 1 is 0.875 bits per heavy atom. The largest absolute Gasteiger partial charge is 0.506 e. The van der Waals surface area contributed by atoms with Gasteiger partial charge in [0.25, 0.3) is 5.91 Å². The van der Waals surface area contributed by atoms with Crippen LogP contribution in [0.15, 0.2) is 45.3 Å². The van der Waals surface area contributed by atoms with Crippen LogP contribution < -0.4 is 5.32 Å². The average molecular weight is 792 g/mol. The number of halogens is 2. The van der Waals surface area contributed by atoms with Crippen molar-refractivity contribution in [2.75, 3.05) is 57.7 Å². The minimum Gasteiger partial charge on any atom is -0.506 e. The highest BCUT2D eigenvalue weighted by atomic mass is 79.9. The lowest BCUT2D eigenvalue weighted by molar-refractivity contribution is -0.142. The molecule has 4 amide bonds. The summed E-state index contributed by atoms with van der Waals surface area (Å²) >= 11 is 6.76. The number of urea groups is 1. The Morgan fingerprint density at radius 3 is 2.17 bits per heavy atom. The van der Waals surface area contributed by atoms with Crippen LogP contribution in [0.25, 0.3) is 0 Å². The van der Waals surface area contributed by atoms with Gasteiger partial charge in [0.1, 0.15) is 5.75 Å². The molecule has 260 valence electrons. The van der Waals surface area contributed by atoms with Crippen molar-refractivity contribution in [3.05, 3.63) is 56.5 Å². The van der Waals surface area contributed by atoms with Crippen LogP contribution >= 0.6 is 31.9 Å². The maximum absolute atomic E-state index is 14.0. The molecule has 3 fully saturated rings. The maximum Gasteiger partial charge on any atom is 0.410 e. The van der Waals surface area contributed by atoms with Crippen LogP contribution in [0.4, 0.5) is 15.3 Å². The number of para-hydroxylation sites is 1. The molecule has 2 aromatic rings. The molecule has 0 unspecified atom stereocenters. The van der Waals surface area contributed by atoms with Crippen molar-refractivity contribution >= 4 is 55.6 Å². The summed E-state index contributed by atoms with van der Waals surface area (Å²) in [6.07, 6.45) is 4.35. The zero-order valence-corrected chi connectivity index (χ0v) is 30.3. The molecule has 2 aromatic carbocycles. The van der Waals surface area contributed by atoms with E-state index in [0.717, 1.165) is 62.0 Å². The Bertz CT molecular complexity index is 1450. The first-order valence-corrected chi connectivity index (χ1v) is 18.7. The van der Waals surface area contributed by atoms with Crippen LogP contribution in [0.2, 0.25) is 0 Å². The SMILES string of the molecule is O=C(O[C@H](Cc1cc(Br)c(O)c(Br)c1)C(=O)N1CCC(N2CCC(CO)CC2)CC1)N1CCC(N2CCc3ccccc3NC2=O)CC1. The number of rotatable bonds is 7. The molecule has 0 radical (unpaired) electrons. The van der Waals surface area contributed by atoms with Crippen molar-refractivity contribution in [2.45, 2.75) is 69.6 Å². The number of anilines is 1. The molecule has 6 rings (SSSR count). The molecule has 0 saturated carbocycles. The lowest BCUT2D eigenvalue weighted by Gasteiger charge is -2.42. The highest BCUT2D eigenvalue weighted by molar-refractivity contribution is 9.11. The number of carbonyl (C=O) groups excluding carboxylic acids is 3. The van der Waals surface area contributed by atoms with E-state index in [1.807, 2.05) is 34.1 Å².